The van der Waals surface area contributed by atoms with Crippen LogP contribution in [-0.4, -0.2) is 28.3 Å². The molecule has 5 aromatic carbocycles. The van der Waals surface area contributed by atoms with Gasteiger partial charge in [-0.25, -0.2) is 9.97 Å². The molecule has 7 aromatic rings. The van der Waals surface area contributed by atoms with Crippen LogP contribution in [0.15, 0.2) is 115 Å². The van der Waals surface area contributed by atoms with Gasteiger partial charge in [-0.3, -0.25) is 0 Å². The molecule has 0 atom stereocenters. The maximum Gasteiger partial charge on any atom is 0.494 e. The van der Waals surface area contributed by atoms with E-state index in [0.29, 0.717) is 0 Å². The van der Waals surface area contributed by atoms with Crippen molar-refractivity contribution >= 4 is 55.9 Å². The van der Waals surface area contributed by atoms with Crippen LogP contribution in [0.3, 0.4) is 0 Å². The van der Waals surface area contributed by atoms with Gasteiger partial charge in [-0.15, -0.1) is 0 Å². The van der Waals surface area contributed by atoms with E-state index in [0.717, 1.165) is 60.6 Å². The Bertz CT molecular complexity index is 2190. The normalized spacial score (nSPS) is 16.0. The number of aromatic nitrogens is 2. The number of pyridine rings is 2. The smallest absolute Gasteiger partial charge is 0.399 e. The number of hydrogen-bond acceptors (Lipinski definition) is 4. The van der Waals surface area contributed by atoms with Gasteiger partial charge in [-0.2, -0.15) is 0 Å². The van der Waals surface area contributed by atoms with Crippen LogP contribution in [0.1, 0.15) is 27.7 Å². The molecule has 0 spiro atoms. The molecule has 208 valence electrons. The zero-order valence-electron chi connectivity index (χ0n) is 24.8. The van der Waals surface area contributed by atoms with Gasteiger partial charge in [0.15, 0.2) is 0 Å². The summed E-state index contributed by atoms with van der Waals surface area (Å²) < 4.78 is 12.6. The lowest BCUT2D eigenvalue weighted by molar-refractivity contribution is 0.00578. The summed E-state index contributed by atoms with van der Waals surface area (Å²) in [6.07, 6.45) is 0. The molecule has 2 aromatic heterocycles. The van der Waals surface area contributed by atoms with Crippen LogP contribution < -0.4 is 5.46 Å². The van der Waals surface area contributed by atoms with Crippen LogP contribution in [-0.2, 0) is 9.31 Å². The second kappa shape index (κ2) is 9.47. The van der Waals surface area contributed by atoms with E-state index in [1.807, 2.05) is 6.07 Å². The van der Waals surface area contributed by atoms with E-state index in [9.17, 15) is 0 Å². The molecule has 1 aliphatic heterocycles. The summed E-state index contributed by atoms with van der Waals surface area (Å²) in [7, 11) is -0.410. The van der Waals surface area contributed by atoms with Crippen LogP contribution in [0.5, 0.6) is 0 Å². The SMILES string of the molecule is CC1(C)OB(c2ccc(-c3nc4ccccc4c4ccc5ccc(-c6ccc7ccccc7c6)nc5c34)cc2)OC1(C)C. The summed E-state index contributed by atoms with van der Waals surface area (Å²) in [6, 6.07) is 40.5. The minimum Gasteiger partial charge on any atom is -0.399 e. The monoisotopic (exact) mass is 558 g/mol. The van der Waals surface area contributed by atoms with Crippen LogP contribution in [0, 0.1) is 0 Å². The molecule has 1 fully saturated rings. The molecule has 43 heavy (non-hydrogen) atoms. The van der Waals surface area contributed by atoms with Gasteiger partial charge in [0.05, 0.1) is 33.6 Å². The van der Waals surface area contributed by atoms with Gasteiger partial charge in [0.1, 0.15) is 0 Å². The first-order valence-corrected chi connectivity index (χ1v) is 14.8. The summed E-state index contributed by atoms with van der Waals surface area (Å²) in [5.41, 5.74) is 6.12. The first-order chi connectivity index (χ1) is 20.8. The third kappa shape index (κ3) is 4.23. The first-order valence-electron chi connectivity index (χ1n) is 14.8. The summed E-state index contributed by atoms with van der Waals surface area (Å²) in [5.74, 6) is 0. The number of rotatable bonds is 3. The average Bonchev–Trinajstić information content (AvgIpc) is 3.26. The zero-order valence-corrected chi connectivity index (χ0v) is 24.8. The number of nitrogens with zero attached hydrogens (tertiary/aromatic N) is 2. The van der Waals surface area contributed by atoms with Gasteiger partial charge in [0, 0.05) is 27.3 Å². The molecule has 0 saturated carbocycles. The molecule has 0 unspecified atom stereocenters. The molecule has 3 heterocycles. The Morgan fingerprint density at radius 1 is 0.558 bits per heavy atom. The van der Waals surface area contributed by atoms with E-state index in [4.69, 9.17) is 19.3 Å². The Labute approximate surface area is 251 Å². The van der Waals surface area contributed by atoms with E-state index < -0.39 is 7.12 Å². The topological polar surface area (TPSA) is 44.2 Å². The highest BCUT2D eigenvalue weighted by Crippen LogP contribution is 2.39. The maximum absolute atomic E-state index is 6.32. The molecule has 0 aliphatic carbocycles. The highest BCUT2D eigenvalue weighted by Gasteiger charge is 2.51. The van der Waals surface area contributed by atoms with Crippen molar-refractivity contribution in [3.8, 4) is 22.5 Å². The van der Waals surface area contributed by atoms with E-state index in [1.54, 1.807) is 0 Å². The van der Waals surface area contributed by atoms with E-state index >= 15 is 0 Å². The summed E-state index contributed by atoms with van der Waals surface area (Å²) in [6.45, 7) is 8.32. The van der Waals surface area contributed by atoms with Crippen LogP contribution >= 0.6 is 0 Å². The fraction of sp³-hybridized carbons (Fsp3) is 0.158. The molecular weight excluding hydrogens is 527 g/mol. The van der Waals surface area contributed by atoms with Crippen molar-refractivity contribution < 1.29 is 9.31 Å². The lowest BCUT2D eigenvalue weighted by Crippen LogP contribution is -2.41. The molecule has 1 saturated heterocycles. The Kier molecular flexibility index (Phi) is 5.74. The fourth-order valence-corrected chi connectivity index (χ4v) is 6.12. The van der Waals surface area contributed by atoms with Gasteiger partial charge in [0.2, 0.25) is 0 Å². The molecule has 0 amide bonds. The average molecular weight is 558 g/mol. The van der Waals surface area contributed by atoms with Gasteiger partial charge < -0.3 is 9.31 Å². The molecule has 0 radical (unpaired) electrons. The van der Waals surface area contributed by atoms with Crippen LogP contribution in [0.4, 0.5) is 0 Å². The number of benzene rings is 5. The third-order valence-corrected chi connectivity index (χ3v) is 9.28. The van der Waals surface area contributed by atoms with Crippen molar-refractivity contribution in [1.82, 2.24) is 9.97 Å². The Morgan fingerprint density at radius 2 is 1.21 bits per heavy atom. The third-order valence-electron chi connectivity index (χ3n) is 9.28. The minimum absolute atomic E-state index is 0.389. The second-order valence-electron chi connectivity index (χ2n) is 12.5. The summed E-state index contributed by atoms with van der Waals surface area (Å²) >= 11 is 0. The lowest BCUT2D eigenvalue weighted by Gasteiger charge is -2.32. The van der Waals surface area contributed by atoms with Gasteiger partial charge in [-0.05, 0) is 67.5 Å². The van der Waals surface area contributed by atoms with E-state index in [2.05, 4.69) is 137 Å². The maximum atomic E-state index is 6.32. The highest BCUT2D eigenvalue weighted by atomic mass is 16.7. The van der Waals surface area contributed by atoms with Crippen molar-refractivity contribution in [2.75, 3.05) is 0 Å². The van der Waals surface area contributed by atoms with Crippen molar-refractivity contribution in [1.29, 1.82) is 0 Å². The highest BCUT2D eigenvalue weighted by molar-refractivity contribution is 6.62. The largest absolute Gasteiger partial charge is 0.494 e. The molecule has 5 heteroatoms. The molecule has 1 aliphatic rings. The summed E-state index contributed by atoms with van der Waals surface area (Å²) in [4.78, 5) is 10.5. The van der Waals surface area contributed by atoms with Crippen molar-refractivity contribution in [3.05, 3.63) is 115 Å². The molecular formula is C38H31BN2O2. The van der Waals surface area contributed by atoms with Crippen LogP contribution in [0.2, 0.25) is 0 Å². The minimum atomic E-state index is -0.410. The van der Waals surface area contributed by atoms with E-state index in [-0.39, 0.29) is 11.2 Å². The van der Waals surface area contributed by atoms with E-state index in [1.165, 1.54) is 10.8 Å². The van der Waals surface area contributed by atoms with Gasteiger partial charge in [0.25, 0.3) is 0 Å². The van der Waals surface area contributed by atoms with Gasteiger partial charge >= 0.3 is 7.12 Å². The van der Waals surface area contributed by atoms with Crippen molar-refractivity contribution in [3.63, 3.8) is 0 Å². The van der Waals surface area contributed by atoms with Crippen molar-refractivity contribution in [2.24, 2.45) is 0 Å². The fourth-order valence-electron chi connectivity index (χ4n) is 6.12. The number of hydrogen-bond donors (Lipinski definition) is 0. The number of fused-ring (bicyclic) bond motifs is 6. The Morgan fingerprint density at radius 3 is 2.00 bits per heavy atom. The second-order valence-corrected chi connectivity index (χ2v) is 12.5. The predicted molar refractivity (Wildman–Crippen MR) is 179 cm³/mol. The molecule has 4 nitrogen and oxygen atoms in total. The lowest BCUT2D eigenvalue weighted by atomic mass is 9.78. The Hall–Kier alpha value is -4.58. The van der Waals surface area contributed by atoms with Crippen molar-refractivity contribution in [2.45, 2.75) is 38.9 Å². The molecule has 0 N–H and O–H groups in total. The quantitative estimate of drug-likeness (QED) is 0.161. The standard InChI is InChI=1S/C38H31BN2O2/c1-37(2)38(3,4)43-39(42-37)29-19-15-25(16-20-29)36-34-31(30-11-7-8-12-33(30)41-36)21-17-26-18-22-32(40-35(26)34)28-14-13-24-9-5-6-10-27(24)23-28/h5-23H,1-4H3. The predicted octanol–water partition coefficient (Wildman–Crippen LogP) is 8.72. The molecule has 8 rings (SSSR count). The molecule has 0 bridgehead atoms. The first kappa shape index (κ1) is 26.1. The Balaban J connectivity index is 1.32. The number of para-hydroxylation sites is 1. The van der Waals surface area contributed by atoms with Crippen LogP contribution in [0.25, 0.3) is 65.9 Å². The summed E-state index contributed by atoms with van der Waals surface area (Å²) in [5, 5.41) is 6.84. The zero-order chi connectivity index (χ0) is 29.3. The van der Waals surface area contributed by atoms with Gasteiger partial charge in [-0.1, -0.05) is 97.1 Å².